The SMILES string of the molecule is C=C(Br)/C=C(F)\C(C#N)=C/C. The average Bonchev–Trinajstić information content (AvgIpc) is 1.88. The lowest BCUT2D eigenvalue weighted by Crippen LogP contribution is -1.78. The molecule has 0 amide bonds. The highest BCUT2D eigenvalue weighted by atomic mass is 79.9. The van der Waals surface area contributed by atoms with Gasteiger partial charge >= 0.3 is 0 Å². The predicted octanol–water partition coefficient (Wildman–Crippen LogP) is 3.22. The standard InChI is InChI=1S/C8H7BrFN/c1-3-7(5-11)8(10)4-6(2)9/h3-4H,2H2,1H3/b7-3-,8-4+. The highest BCUT2D eigenvalue weighted by molar-refractivity contribution is 9.11. The van der Waals surface area contributed by atoms with Crippen LogP contribution in [0.3, 0.4) is 0 Å². The Hall–Kier alpha value is -0.880. The summed E-state index contributed by atoms with van der Waals surface area (Å²) in [5.41, 5.74) is 0.0191. The molecule has 0 unspecified atom stereocenters. The Kier molecular flexibility index (Phi) is 4.47. The van der Waals surface area contributed by atoms with E-state index in [1.165, 1.54) is 6.08 Å². The van der Waals surface area contributed by atoms with Gasteiger partial charge in [-0.2, -0.15) is 5.26 Å². The van der Waals surface area contributed by atoms with E-state index in [1.54, 1.807) is 13.0 Å². The zero-order chi connectivity index (χ0) is 8.85. The van der Waals surface area contributed by atoms with Crippen LogP contribution in [-0.4, -0.2) is 0 Å². The van der Waals surface area contributed by atoms with Gasteiger partial charge in [0.25, 0.3) is 0 Å². The van der Waals surface area contributed by atoms with E-state index in [1.807, 2.05) is 0 Å². The van der Waals surface area contributed by atoms with Crippen molar-refractivity contribution in [3.63, 3.8) is 0 Å². The molecule has 11 heavy (non-hydrogen) atoms. The van der Waals surface area contributed by atoms with E-state index >= 15 is 0 Å². The Labute approximate surface area is 73.7 Å². The Balaban J connectivity index is 4.63. The molecule has 0 saturated carbocycles. The maximum Gasteiger partial charge on any atom is 0.141 e. The third-order valence-corrected chi connectivity index (χ3v) is 1.18. The van der Waals surface area contributed by atoms with Gasteiger partial charge in [0.05, 0.1) is 5.57 Å². The number of hydrogen-bond donors (Lipinski definition) is 0. The van der Waals surface area contributed by atoms with E-state index in [9.17, 15) is 4.39 Å². The Bertz CT molecular complexity index is 258. The smallest absolute Gasteiger partial charge is 0.141 e. The van der Waals surface area contributed by atoms with E-state index in [-0.39, 0.29) is 5.57 Å². The molecule has 0 fully saturated rings. The first-order valence-electron chi connectivity index (χ1n) is 2.90. The van der Waals surface area contributed by atoms with Crippen LogP contribution < -0.4 is 0 Å². The minimum atomic E-state index is -0.572. The second-order valence-electron chi connectivity index (χ2n) is 1.75. The fourth-order valence-electron chi connectivity index (χ4n) is 0.471. The normalized spacial score (nSPS) is 12.5. The van der Waals surface area contributed by atoms with Crippen molar-refractivity contribution < 1.29 is 4.39 Å². The van der Waals surface area contributed by atoms with Crippen LogP contribution in [-0.2, 0) is 0 Å². The second-order valence-corrected chi connectivity index (χ2v) is 2.77. The maximum atomic E-state index is 12.8. The van der Waals surface area contributed by atoms with Gasteiger partial charge < -0.3 is 0 Å². The van der Waals surface area contributed by atoms with Gasteiger partial charge in [0.15, 0.2) is 0 Å². The van der Waals surface area contributed by atoms with Crippen molar-refractivity contribution in [2.45, 2.75) is 6.92 Å². The van der Waals surface area contributed by atoms with Crippen LogP contribution in [0.1, 0.15) is 6.92 Å². The van der Waals surface area contributed by atoms with Crippen molar-refractivity contribution >= 4 is 15.9 Å². The molecule has 0 atom stereocenters. The van der Waals surface area contributed by atoms with Crippen molar-refractivity contribution in [3.8, 4) is 6.07 Å². The lowest BCUT2D eigenvalue weighted by atomic mass is 10.2. The lowest BCUT2D eigenvalue weighted by molar-refractivity contribution is 0.658. The van der Waals surface area contributed by atoms with Gasteiger partial charge in [-0.25, -0.2) is 4.39 Å². The van der Waals surface area contributed by atoms with Gasteiger partial charge in [-0.1, -0.05) is 28.6 Å². The van der Waals surface area contributed by atoms with Crippen LogP contribution in [0.25, 0.3) is 0 Å². The molecule has 0 rings (SSSR count). The maximum absolute atomic E-state index is 12.8. The molecule has 0 N–H and O–H groups in total. The first-order chi connectivity index (χ1) is 5.11. The van der Waals surface area contributed by atoms with Crippen molar-refractivity contribution in [2.24, 2.45) is 0 Å². The lowest BCUT2D eigenvalue weighted by Gasteiger charge is -1.90. The summed E-state index contributed by atoms with van der Waals surface area (Å²) < 4.78 is 13.2. The minimum Gasteiger partial charge on any atom is -0.206 e. The van der Waals surface area contributed by atoms with Gasteiger partial charge in [-0.05, 0) is 13.0 Å². The summed E-state index contributed by atoms with van der Waals surface area (Å²) in [5, 5.41) is 8.37. The molecule has 0 aromatic carbocycles. The molecule has 0 aromatic rings. The van der Waals surface area contributed by atoms with Crippen LogP contribution in [0, 0.1) is 11.3 Å². The molecule has 0 spiro atoms. The molecule has 0 aromatic heterocycles. The summed E-state index contributed by atoms with van der Waals surface area (Å²) >= 11 is 2.95. The molecule has 0 heterocycles. The molecule has 0 aliphatic heterocycles. The summed E-state index contributed by atoms with van der Waals surface area (Å²) in [6.07, 6.45) is 2.56. The highest BCUT2D eigenvalue weighted by Crippen LogP contribution is 2.15. The van der Waals surface area contributed by atoms with Crippen molar-refractivity contribution in [3.05, 3.63) is 34.6 Å². The van der Waals surface area contributed by atoms with Crippen molar-refractivity contribution in [2.75, 3.05) is 0 Å². The molecular weight excluding hydrogens is 209 g/mol. The van der Waals surface area contributed by atoms with E-state index in [0.29, 0.717) is 4.48 Å². The number of nitriles is 1. The van der Waals surface area contributed by atoms with Gasteiger partial charge in [-0.15, -0.1) is 0 Å². The van der Waals surface area contributed by atoms with E-state index < -0.39 is 5.83 Å². The van der Waals surface area contributed by atoms with E-state index in [4.69, 9.17) is 5.26 Å². The minimum absolute atomic E-state index is 0.0191. The Morgan fingerprint density at radius 2 is 2.27 bits per heavy atom. The number of hydrogen-bond acceptors (Lipinski definition) is 1. The molecule has 3 heteroatoms. The van der Waals surface area contributed by atoms with Gasteiger partial charge in [0, 0.05) is 4.48 Å². The number of halogens is 2. The third kappa shape index (κ3) is 3.74. The van der Waals surface area contributed by atoms with Crippen molar-refractivity contribution in [1.29, 1.82) is 5.26 Å². The molecule has 58 valence electrons. The Morgan fingerprint density at radius 1 is 1.73 bits per heavy atom. The first-order valence-corrected chi connectivity index (χ1v) is 3.69. The van der Waals surface area contributed by atoms with Gasteiger partial charge in [-0.3, -0.25) is 0 Å². The fourth-order valence-corrected chi connectivity index (χ4v) is 0.672. The van der Waals surface area contributed by atoms with Crippen LogP contribution in [0.2, 0.25) is 0 Å². The zero-order valence-corrected chi connectivity index (χ0v) is 7.65. The molecule has 0 saturated heterocycles. The van der Waals surface area contributed by atoms with Crippen LogP contribution in [0.15, 0.2) is 34.6 Å². The highest BCUT2D eigenvalue weighted by Gasteiger charge is 2.00. The second kappa shape index (κ2) is 4.86. The fraction of sp³-hybridized carbons (Fsp3) is 0.125. The van der Waals surface area contributed by atoms with Gasteiger partial charge in [0.1, 0.15) is 11.9 Å². The summed E-state index contributed by atoms with van der Waals surface area (Å²) in [6.45, 7) is 5.01. The third-order valence-electron chi connectivity index (χ3n) is 0.950. The summed E-state index contributed by atoms with van der Waals surface area (Å²) in [7, 11) is 0. The quantitative estimate of drug-likeness (QED) is 0.513. The summed E-state index contributed by atoms with van der Waals surface area (Å²) in [6, 6.07) is 1.71. The molecule has 0 aliphatic carbocycles. The van der Waals surface area contributed by atoms with Crippen LogP contribution >= 0.6 is 15.9 Å². The number of allylic oxidation sites excluding steroid dienone is 5. The number of nitrogens with zero attached hydrogens (tertiary/aromatic N) is 1. The van der Waals surface area contributed by atoms with E-state index in [2.05, 4.69) is 22.5 Å². The average molecular weight is 216 g/mol. The Morgan fingerprint density at radius 3 is 2.55 bits per heavy atom. The summed E-state index contributed by atoms with van der Waals surface area (Å²) in [5.74, 6) is -0.572. The topological polar surface area (TPSA) is 23.8 Å². The summed E-state index contributed by atoms with van der Waals surface area (Å²) in [4.78, 5) is 0. The largest absolute Gasteiger partial charge is 0.206 e. The molecule has 0 radical (unpaired) electrons. The molecule has 0 aliphatic rings. The monoisotopic (exact) mass is 215 g/mol. The predicted molar refractivity (Wildman–Crippen MR) is 46.6 cm³/mol. The van der Waals surface area contributed by atoms with E-state index in [0.717, 1.165) is 6.08 Å². The van der Waals surface area contributed by atoms with Crippen LogP contribution in [0.4, 0.5) is 4.39 Å². The van der Waals surface area contributed by atoms with Crippen molar-refractivity contribution in [1.82, 2.24) is 0 Å². The van der Waals surface area contributed by atoms with Gasteiger partial charge in [0.2, 0.25) is 0 Å². The zero-order valence-electron chi connectivity index (χ0n) is 6.06. The molecule has 1 nitrogen and oxygen atoms in total. The first kappa shape index (κ1) is 10.1. The van der Waals surface area contributed by atoms with Crippen LogP contribution in [0.5, 0.6) is 0 Å². The molecule has 0 bridgehead atoms. The molecular formula is C8H7BrFN. The number of rotatable bonds is 2.